The Balaban J connectivity index is 1.66. The van der Waals surface area contributed by atoms with Crippen molar-refractivity contribution in [2.24, 2.45) is 7.05 Å². The Hall–Kier alpha value is -3.02. The lowest BCUT2D eigenvalue weighted by Crippen LogP contribution is -2.06. The highest BCUT2D eigenvalue weighted by Crippen LogP contribution is 2.36. The molecule has 3 aromatic carbocycles. The van der Waals surface area contributed by atoms with Crippen molar-refractivity contribution in [2.75, 3.05) is 0 Å². The number of benzene rings is 3. The highest BCUT2D eigenvalue weighted by atomic mass is 35.5. The summed E-state index contributed by atoms with van der Waals surface area (Å²) >= 11 is 7.53. The van der Waals surface area contributed by atoms with E-state index in [1.807, 2.05) is 42.1 Å². The summed E-state index contributed by atoms with van der Waals surface area (Å²) in [5, 5.41) is 6.26. The monoisotopic (exact) mass is 448 g/mol. The summed E-state index contributed by atoms with van der Waals surface area (Å²) < 4.78 is 7.52. The first-order chi connectivity index (χ1) is 15.0. The zero-order valence-corrected chi connectivity index (χ0v) is 18.8. The van der Waals surface area contributed by atoms with Crippen LogP contribution in [-0.2, 0) is 18.4 Å². The average Bonchev–Trinajstić information content (AvgIpc) is 3.10. The lowest BCUT2D eigenvalue weighted by atomic mass is 10.1. The first kappa shape index (κ1) is 21.2. The van der Waals surface area contributed by atoms with Crippen LogP contribution in [0.2, 0.25) is 5.02 Å². The summed E-state index contributed by atoms with van der Waals surface area (Å²) in [5.41, 5.74) is 4.33. The van der Waals surface area contributed by atoms with Crippen LogP contribution in [0.5, 0.6) is 0 Å². The molecular weight excluding hydrogens is 428 g/mol. The molecule has 1 aromatic heterocycles. The molecular formula is C25H21ClN2O2S. The number of carbonyl (C=O) groups is 1. The van der Waals surface area contributed by atoms with Gasteiger partial charge in [-0.1, -0.05) is 71.4 Å². The van der Waals surface area contributed by atoms with E-state index in [-0.39, 0.29) is 6.61 Å². The molecule has 0 N–H and O–H groups in total. The molecule has 0 radical (unpaired) electrons. The maximum absolute atomic E-state index is 12.6. The molecule has 4 nitrogen and oxygen atoms in total. The largest absolute Gasteiger partial charge is 0.457 e. The third-order valence-corrected chi connectivity index (χ3v) is 6.26. The van der Waals surface area contributed by atoms with Crippen molar-refractivity contribution in [3.8, 4) is 11.3 Å². The smallest absolute Gasteiger partial charge is 0.338 e. The SMILES string of the molecule is Cc1ccc(Sc2c(COC(=O)c3ccc(Cl)cc3)c(-c3ccccc3)nn2C)cc1. The third-order valence-electron chi connectivity index (χ3n) is 4.80. The van der Waals surface area contributed by atoms with E-state index in [0.29, 0.717) is 10.6 Å². The average molecular weight is 449 g/mol. The van der Waals surface area contributed by atoms with Crippen molar-refractivity contribution in [1.29, 1.82) is 0 Å². The number of aromatic nitrogens is 2. The molecule has 6 heteroatoms. The maximum Gasteiger partial charge on any atom is 0.338 e. The van der Waals surface area contributed by atoms with Gasteiger partial charge in [0, 0.05) is 28.1 Å². The van der Waals surface area contributed by atoms with E-state index < -0.39 is 5.97 Å². The quantitative estimate of drug-likeness (QED) is 0.313. The van der Waals surface area contributed by atoms with Gasteiger partial charge in [-0.25, -0.2) is 4.79 Å². The summed E-state index contributed by atoms with van der Waals surface area (Å²) in [6, 6.07) is 24.9. The number of nitrogens with zero attached hydrogens (tertiary/aromatic N) is 2. The molecule has 31 heavy (non-hydrogen) atoms. The Kier molecular flexibility index (Phi) is 6.44. The summed E-state index contributed by atoms with van der Waals surface area (Å²) in [4.78, 5) is 13.7. The topological polar surface area (TPSA) is 44.1 Å². The highest BCUT2D eigenvalue weighted by molar-refractivity contribution is 7.99. The van der Waals surface area contributed by atoms with Crippen LogP contribution < -0.4 is 0 Å². The van der Waals surface area contributed by atoms with Crippen LogP contribution in [0.1, 0.15) is 21.5 Å². The lowest BCUT2D eigenvalue weighted by Gasteiger charge is -2.09. The number of esters is 1. The van der Waals surface area contributed by atoms with Crippen molar-refractivity contribution < 1.29 is 9.53 Å². The first-order valence-electron chi connectivity index (χ1n) is 9.80. The van der Waals surface area contributed by atoms with Gasteiger partial charge < -0.3 is 4.74 Å². The molecule has 0 unspecified atom stereocenters. The fourth-order valence-corrected chi connectivity index (χ4v) is 4.24. The van der Waals surface area contributed by atoms with Crippen LogP contribution in [0.3, 0.4) is 0 Å². The fraction of sp³-hybridized carbons (Fsp3) is 0.120. The third kappa shape index (κ3) is 5.01. The summed E-state index contributed by atoms with van der Waals surface area (Å²) in [6.07, 6.45) is 0. The molecule has 0 amide bonds. The van der Waals surface area contributed by atoms with Crippen LogP contribution >= 0.6 is 23.4 Å². The second-order valence-electron chi connectivity index (χ2n) is 7.12. The van der Waals surface area contributed by atoms with Crippen molar-refractivity contribution in [3.05, 3.63) is 101 Å². The summed E-state index contributed by atoms with van der Waals surface area (Å²) in [7, 11) is 1.91. The summed E-state index contributed by atoms with van der Waals surface area (Å²) in [6.45, 7) is 2.18. The molecule has 4 rings (SSSR count). The molecule has 0 saturated heterocycles. The van der Waals surface area contributed by atoms with E-state index in [1.54, 1.807) is 36.0 Å². The van der Waals surface area contributed by atoms with E-state index >= 15 is 0 Å². The molecule has 4 aromatic rings. The second-order valence-corrected chi connectivity index (χ2v) is 8.62. The Morgan fingerprint density at radius 3 is 2.35 bits per heavy atom. The molecule has 0 aliphatic carbocycles. The molecule has 0 aliphatic heterocycles. The van der Waals surface area contributed by atoms with Gasteiger partial charge in [0.1, 0.15) is 17.3 Å². The first-order valence-corrected chi connectivity index (χ1v) is 11.0. The molecule has 0 spiro atoms. The van der Waals surface area contributed by atoms with Gasteiger partial charge in [-0.05, 0) is 43.3 Å². The van der Waals surface area contributed by atoms with E-state index in [1.165, 1.54) is 5.56 Å². The number of hydrogen-bond donors (Lipinski definition) is 0. The number of hydrogen-bond acceptors (Lipinski definition) is 4. The minimum absolute atomic E-state index is 0.119. The number of rotatable bonds is 6. The predicted molar refractivity (Wildman–Crippen MR) is 125 cm³/mol. The predicted octanol–water partition coefficient (Wildman–Crippen LogP) is 6.56. The van der Waals surface area contributed by atoms with Gasteiger partial charge in [0.15, 0.2) is 0 Å². The zero-order chi connectivity index (χ0) is 21.8. The van der Waals surface area contributed by atoms with Crippen molar-refractivity contribution in [1.82, 2.24) is 9.78 Å². The van der Waals surface area contributed by atoms with Gasteiger partial charge in [0.2, 0.25) is 0 Å². The Labute approximate surface area is 190 Å². The van der Waals surface area contributed by atoms with E-state index in [0.717, 1.165) is 26.7 Å². The highest BCUT2D eigenvalue weighted by Gasteiger charge is 2.20. The molecule has 0 atom stereocenters. The molecule has 0 fully saturated rings. The Bertz CT molecular complexity index is 1190. The van der Waals surface area contributed by atoms with Gasteiger partial charge in [-0.3, -0.25) is 4.68 Å². The van der Waals surface area contributed by atoms with Gasteiger partial charge in [-0.15, -0.1) is 0 Å². The molecule has 0 bridgehead atoms. The molecule has 1 heterocycles. The van der Waals surface area contributed by atoms with Crippen molar-refractivity contribution in [2.45, 2.75) is 23.5 Å². The Morgan fingerprint density at radius 2 is 1.68 bits per heavy atom. The number of halogens is 1. The van der Waals surface area contributed by atoms with Gasteiger partial charge in [0.05, 0.1) is 5.56 Å². The maximum atomic E-state index is 12.6. The van der Waals surface area contributed by atoms with E-state index in [2.05, 4.69) is 31.2 Å². The van der Waals surface area contributed by atoms with Crippen LogP contribution in [0.15, 0.2) is 88.8 Å². The second kappa shape index (κ2) is 9.41. The summed E-state index contributed by atoms with van der Waals surface area (Å²) in [5.74, 6) is -0.397. The van der Waals surface area contributed by atoms with Crippen LogP contribution in [0.25, 0.3) is 11.3 Å². The number of carbonyl (C=O) groups excluding carboxylic acids is 1. The standard InChI is InChI=1S/C25H21ClN2O2S/c1-17-8-14-21(15-9-17)31-24-22(16-30-25(29)19-10-12-20(26)13-11-19)23(27-28(24)2)18-6-4-3-5-7-18/h3-15H,16H2,1-2H3. The Morgan fingerprint density at radius 1 is 1.00 bits per heavy atom. The normalized spacial score (nSPS) is 10.8. The van der Waals surface area contributed by atoms with Crippen LogP contribution in [0, 0.1) is 6.92 Å². The van der Waals surface area contributed by atoms with Crippen molar-refractivity contribution >= 4 is 29.3 Å². The molecule has 0 saturated carbocycles. The van der Waals surface area contributed by atoms with E-state index in [9.17, 15) is 4.79 Å². The van der Waals surface area contributed by atoms with Crippen LogP contribution in [0.4, 0.5) is 0 Å². The number of aryl methyl sites for hydroxylation is 2. The zero-order valence-electron chi connectivity index (χ0n) is 17.2. The minimum atomic E-state index is -0.397. The molecule has 156 valence electrons. The van der Waals surface area contributed by atoms with Gasteiger partial charge >= 0.3 is 5.97 Å². The fourth-order valence-electron chi connectivity index (χ4n) is 3.16. The minimum Gasteiger partial charge on any atom is -0.457 e. The van der Waals surface area contributed by atoms with E-state index in [4.69, 9.17) is 21.4 Å². The van der Waals surface area contributed by atoms with Gasteiger partial charge in [0.25, 0.3) is 0 Å². The van der Waals surface area contributed by atoms with Gasteiger partial charge in [-0.2, -0.15) is 5.10 Å². The number of ether oxygens (including phenoxy) is 1. The van der Waals surface area contributed by atoms with Crippen molar-refractivity contribution in [3.63, 3.8) is 0 Å². The molecule has 0 aliphatic rings. The van der Waals surface area contributed by atoms with Crippen LogP contribution in [-0.4, -0.2) is 15.7 Å². The lowest BCUT2D eigenvalue weighted by molar-refractivity contribution is 0.0470.